The van der Waals surface area contributed by atoms with Gasteiger partial charge in [-0.05, 0) is 34.8 Å². The number of piperidine rings is 1. The van der Waals surface area contributed by atoms with Crippen molar-refractivity contribution < 1.29 is 8.78 Å². The van der Waals surface area contributed by atoms with Gasteiger partial charge in [-0.25, -0.2) is 8.78 Å². The van der Waals surface area contributed by atoms with Gasteiger partial charge in [0.05, 0.1) is 10.2 Å². The average Bonchev–Trinajstić information content (AvgIpc) is 2.25. The number of nitrogens with zero attached hydrogens (tertiary/aromatic N) is 1. The van der Waals surface area contributed by atoms with Gasteiger partial charge >= 0.3 is 0 Å². The van der Waals surface area contributed by atoms with Gasteiger partial charge in [0, 0.05) is 25.2 Å². The van der Waals surface area contributed by atoms with Gasteiger partial charge in [0.2, 0.25) is 0 Å². The van der Waals surface area contributed by atoms with E-state index in [2.05, 4.69) is 15.9 Å². The lowest BCUT2D eigenvalue weighted by atomic mass is 10.1. The molecule has 1 fully saturated rings. The van der Waals surface area contributed by atoms with Crippen LogP contribution in [0.25, 0.3) is 0 Å². The molecule has 1 saturated heterocycles. The first-order valence-electron chi connectivity index (χ1n) is 5.23. The summed E-state index contributed by atoms with van der Waals surface area (Å²) in [5.41, 5.74) is 6.22. The first-order chi connectivity index (χ1) is 7.58. The van der Waals surface area contributed by atoms with Gasteiger partial charge in [-0.2, -0.15) is 0 Å². The summed E-state index contributed by atoms with van der Waals surface area (Å²) in [7, 11) is 0. The van der Waals surface area contributed by atoms with E-state index in [0.29, 0.717) is 10.2 Å². The second kappa shape index (κ2) is 4.67. The molecule has 88 valence electrons. The van der Waals surface area contributed by atoms with E-state index in [1.807, 2.05) is 4.90 Å². The maximum Gasteiger partial charge on any atom is 0.149 e. The molecule has 0 spiro atoms. The summed E-state index contributed by atoms with van der Waals surface area (Å²) >= 11 is 3.07. The van der Waals surface area contributed by atoms with Crippen molar-refractivity contribution in [3.05, 3.63) is 28.2 Å². The molecule has 0 aromatic heterocycles. The molecule has 0 aliphatic carbocycles. The van der Waals surface area contributed by atoms with Gasteiger partial charge in [0.1, 0.15) is 11.6 Å². The van der Waals surface area contributed by atoms with E-state index in [1.165, 1.54) is 6.07 Å². The zero-order valence-corrected chi connectivity index (χ0v) is 10.3. The van der Waals surface area contributed by atoms with E-state index >= 15 is 0 Å². The predicted octanol–water partition coefficient (Wildman–Crippen LogP) is 2.65. The molecule has 5 heteroatoms. The Labute approximate surface area is 102 Å². The third-order valence-electron chi connectivity index (χ3n) is 2.87. The van der Waals surface area contributed by atoms with Gasteiger partial charge in [-0.3, -0.25) is 0 Å². The zero-order chi connectivity index (χ0) is 11.7. The van der Waals surface area contributed by atoms with Crippen molar-refractivity contribution >= 4 is 21.6 Å². The Balaban J connectivity index is 2.23. The normalized spacial score (nSPS) is 17.9. The summed E-state index contributed by atoms with van der Waals surface area (Å²) < 4.78 is 26.9. The molecule has 0 bridgehead atoms. The second-order valence-electron chi connectivity index (χ2n) is 4.04. The smallest absolute Gasteiger partial charge is 0.149 e. The Morgan fingerprint density at radius 3 is 2.44 bits per heavy atom. The highest BCUT2D eigenvalue weighted by Crippen LogP contribution is 2.28. The van der Waals surface area contributed by atoms with Gasteiger partial charge in [-0.1, -0.05) is 0 Å². The highest BCUT2D eigenvalue weighted by molar-refractivity contribution is 9.10. The molecule has 0 unspecified atom stereocenters. The zero-order valence-electron chi connectivity index (χ0n) is 8.72. The molecule has 1 aliphatic heterocycles. The van der Waals surface area contributed by atoms with Crippen LogP contribution in [-0.2, 0) is 0 Å². The Bertz CT molecular complexity index is 390. The van der Waals surface area contributed by atoms with E-state index in [1.54, 1.807) is 0 Å². The molecule has 0 atom stereocenters. The monoisotopic (exact) mass is 290 g/mol. The summed E-state index contributed by atoms with van der Waals surface area (Å²) in [5, 5.41) is 0. The topological polar surface area (TPSA) is 29.3 Å². The molecule has 2 N–H and O–H groups in total. The van der Waals surface area contributed by atoms with E-state index in [0.717, 1.165) is 32.0 Å². The number of rotatable bonds is 1. The van der Waals surface area contributed by atoms with Crippen molar-refractivity contribution in [3.8, 4) is 0 Å². The van der Waals surface area contributed by atoms with E-state index in [-0.39, 0.29) is 6.04 Å². The van der Waals surface area contributed by atoms with Crippen molar-refractivity contribution in [3.63, 3.8) is 0 Å². The van der Waals surface area contributed by atoms with Crippen LogP contribution in [-0.4, -0.2) is 19.1 Å². The lowest BCUT2D eigenvalue weighted by Crippen LogP contribution is -2.40. The van der Waals surface area contributed by atoms with Crippen LogP contribution in [0.1, 0.15) is 12.8 Å². The minimum absolute atomic E-state index is 0.197. The molecule has 1 aliphatic rings. The highest BCUT2D eigenvalue weighted by Gasteiger charge is 2.20. The Kier molecular flexibility index (Phi) is 3.44. The maximum atomic E-state index is 13.6. The highest BCUT2D eigenvalue weighted by atomic mass is 79.9. The molecular formula is C11H13BrF2N2. The summed E-state index contributed by atoms with van der Waals surface area (Å²) in [6.45, 7) is 1.44. The molecule has 16 heavy (non-hydrogen) atoms. The molecule has 1 aromatic carbocycles. The van der Waals surface area contributed by atoms with Crippen LogP contribution >= 0.6 is 15.9 Å². The van der Waals surface area contributed by atoms with Gasteiger partial charge in [0.15, 0.2) is 0 Å². The Hall–Kier alpha value is -0.680. The molecular weight excluding hydrogens is 278 g/mol. The third-order valence-corrected chi connectivity index (χ3v) is 3.48. The van der Waals surface area contributed by atoms with Gasteiger partial charge in [-0.15, -0.1) is 0 Å². The lowest BCUT2D eigenvalue weighted by Gasteiger charge is -2.32. The largest absolute Gasteiger partial charge is 0.369 e. The summed E-state index contributed by atoms with van der Waals surface area (Å²) in [6.07, 6.45) is 1.68. The van der Waals surface area contributed by atoms with E-state index in [9.17, 15) is 8.78 Å². The Morgan fingerprint density at radius 2 is 1.81 bits per heavy atom. The van der Waals surface area contributed by atoms with Crippen molar-refractivity contribution in [1.82, 2.24) is 0 Å². The number of halogens is 3. The summed E-state index contributed by atoms with van der Waals surface area (Å²) in [6, 6.07) is 2.60. The fraction of sp³-hybridized carbons (Fsp3) is 0.455. The standard InChI is InChI=1S/C11H13BrF2N2/c12-8-5-11(10(14)6-9(8)13)16-3-1-7(15)2-4-16/h5-7H,1-4,15H2. The summed E-state index contributed by atoms with van der Waals surface area (Å²) in [5.74, 6) is -1.09. The fourth-order valence-corrected chi connectivity index (χ4v) is 2.23. The SMILES string of the molecule is NC1CCN(c2cc(Br)c(F)cc2F)CC1. The molecule has 0 radical (unpaired) electrons. The second-order valence-corrected chi connectivity index (χ2v) is 4.90. The molecule has 2 nitrogen and oxygen atoms in total. The lowest BCUT2D eigenvalue weighted by molar-refractivity contribution is 0.492. The maximum absolute atomic E-state index is 13.6. The quantitative estimate of drug-likeness (QED) is 0.806. The van der Waals surface area contributed by atoms with Crippen LogP contribution in [0.15, 0.2) is 16.6 Å². The average molecular weight is 291 g/mol. The van der Waals surface area contributed by atoms with Crippen LogP contribution < -0.4 is 10.6 Å². The fourth-order valence-electron chi connectivity index (χ4n) is 1.89. The van der Waals surface area contributed by atoms with Gasteiger partial charge < -0.3 is 10.6 Å². The molecule has 1 aromatic rings. The van der Waals surface area contributed by atoms with Crippen molar-refractivity contribution in [2.45, 2.75) is 18.9 Å². The number of anilines is 1. The Morgan fingerprint density at radius 1 is 1.19 bits per heavy atom. The minimum atomic E-state index is -0.574. The molecule has 0 amide bonds. The van der Waals surface area contributed by atoms with Crippen molar-refractivity contribution in [1.29, 1.82) is 0 Å². The number of nitrogens with two attached hydrogens (primary N) is 1. The predicted molar refractivity (Wildman–Crippen MR) is 63.5 cm³/mol. The minimum Gasteiger partial charge on any atom is -0.369 e. The summed E-state index contributed by atoms with van der Waals surface area (Å²) in [4.78, 5) is 1.91. The van der Waals surface area contributed by atoms with Crippen LogP contribution in [0, 0.1) is 11.6 Å². The van der Waals surface area contributed by atoms with E-state index < -0.39 is 11.6 Å². The molecule has 2 rings (SSSR count). The number of hydrogen-bond acceptors (Lipinski definition) is 2. The van der Waals surface area contributed by atoms with Gasteiger partial charge in [0.25, 0.3) is 0 Å². The van der Waals surface area contributed by atoms with Crippen LogP contribution in [0.4, 0.5) is 14.5 Å². The third kappa shape index (κ3) is 2.35. The van der Waals surface area contributed by atoms with Crippen LogP contribution in [0.5, 0.6) is 0 Å². The molecule has 1 heterocycles. The van der Waals surface area contributed by atoms with Crippen molar-refractivity contribution in [2.75, 3.05) is 18.0 Å². The number of hydrogen-bond donors (Lipinski definition) is 1. The first-order valence-corrected chi connectivity index (χ1v) is 6.02. The van der Waals surface area contributed by atoms with Crippen LogP contribution in [0.3, 0.4) is 0 Å². The number of benzene rings is 1. The first kappa shape index (κ1) is 11.8. The van der Waals surface area contributed by atoms with Crippen LogP contribution in [0.2, 0.25) is 0 Å². The van der Waals surface area contributed by atoms with E-state index in [4.69, 9.17) is 5.73 Å². The molecule has 0 saturated carbocycles. The van der Waals surface area contributed by atoms with Crippen molar-refractivity contribution in [2.24, 2.45) is 5.73 Å².